The van der Waals surface area contributed by atoms with E-state index in [0.29, 0.717) is 0 Å². The SMILES string of the molecule is C1=C(c2ccccc2)CCN(Cc2cccc(-c3ccccc3)c2)C1.Cl. The van der Waals surface area contributed by atoms with Gasteiger partial charge >= 0.3 is 0 Å². The van der Waals surface area contributed by atoms with Gasteiger partial charge in [0.05, 0.1) is 0 Å². The van der Waals surface area contributed by atoms with Crippen molar-refractivity contribution in [3.63, 3.8) is 0 Å². The summed E-state index contributed by atoms with van der Waals surface area (Å²) < 4.78 is 0. The molecule has 1 aliphatic rings. The minimum atomic E-state index is 0. The Kier molecular flexibility index (Phi) is 6.27. The van der Waals surface area contributed by atoms with Crippen molar-refractivity contribution in [2.24, 2.45) is 0 Å². The van der Waals surface area contributed by atoms with Gasteiger partial charge in [0.25, 0.3) is 0 Å². The number of hydrogen-bond acceptors (Lipinski definition) is 1. The third-order valence-corrected chi connectivity index (χ3v) is 4.88. The molecule has 0 aliphatic carbocycles. The number of rotatable bonds is 4. The van der Waals surface area contributed by atoms with Gasteiger partial charge in [-0.2, -0.15) is 0 Å². The van der Waals surface area contributed by atoms with Crippen molar-refractivity contribution in [2.45, 2.75) is 13.0 Å². The zero-order valence-electron chi connectivity index (χ0n) is 14.8. The standard InChI is InChI=1S/C24H23N.ClH/c1-3-9-21(10-4-1)23-14-16-25(17-15-23)19-20-8-7-13-24(18-20)22-11-5-2-6-12-22;/h1-14,18H,15-17,19H2;1H. The second-order valence-electron chi connectivity index (χ2n) is 6.65. The van der Waals surface area contributed by atoms with Gasteiger partial charge in [0.15, 0.2) is 0 Å². The molecule has 1 heterocycles. The fourth-order valence-electron chi connectivity index (χ4n) is 3.51. The Morgan fingerprint density at radius 3 is 2.00 bits per heavy atom. The lowest BCUT2D eigenvalue weighted by Gasteiger charge is -2.26. The first-order chi connectivity index (χ1) is 12.4. The molecular weight excluding hydrogens is 338 g/mol. The van der Waals surface area contributed by atoms with E-state index in [4.69, 9.17) is 0 Å². The number of benzene rings is 3. The largest absolute Gasteiger partial charge is 0.295 e. The Labute approximate surface area is 162 Å². The van der Waals surface area contributed by atoms with E-state index in [1.165, 1.54) is 27.8 Å². The summed E-state index contributed by atoms with van der Waals surface area (Å²) in [6, 6.07) is 30.3. The van der Waals surface area contributed by atoms with Gasteiger partial charge in [0.2, 0.25) is 0 Å². The monoisotopic (exact) mass is 361 g/mol. The summed E-state index contributed by atoms with van der Waals surface area (Å²) >= 11 is 0. The van der Waals surface area contributed by atoms with Crippen LogP contribution in [-0.4, -0.2) is 18.0 Å². The molecule has 1 nitrogen and oxygen atoms in total. The van der Waals surface area contributed by atoms with Crippen molar-refractivity contribution in [2.75, 3.05) is 13.1 Å². The van der Waals surface area contributed by atoms with Gasteiger partial charge in [-0.05, 0) is 40.3 Å². The maximum atomic E-state index is 2.52. The third-order valence-electron chi connectivity index (χ3n) is 4.88. The molecule has 0 radical (unpaired) electrons. The maximum absolute atomic E-state index is 2.52. The third kappa shape index (κ3) is 4.43. The topological polar surface area (TPSA) is 3.24 Å². The first kappa shape index (κ1) is 18.4. The Balaban J connectivity index is 0.00000196. The molecule has 0 N–H and O–H groups in total. The van der Waals surface area contributed by atoms with Crippen LogP contribution in [0.15, 0.2) is 91.0 Å². The second kappa shape index (κ2) is 8.84. The Morgan fingerprint density at radius 1 is 0.692 bits per heavy atom. The summed E-state index contributed by atoms with van der Waals surface area (Å²) in [6.45, 7) is 3.16. The highest BCUT2D eigenvalue weighted by Gasteiger charge is 2.13. The van der Waals surface area contributed by atoms with Gasteiger partial charge in [0, 0.05) is 19.6 Å². The van der Waals surface area contributed by atoms with E-state index in [2.05, 4.69) is 95.9 Å². The van der Waals surface area contributed by atoms with Crippen LogP contribution in [-0.2, 0) is 6.54 Å². The van der Waals surface area contributed by atoms with Crippen LogP contribution in [0.1, 0.15) is 17.5 Å². The van der Waals surface area contributed by atoms with Crippen LogP contribution in [0, 0.1) is 0 Å². The van der Waals surface area contributed by atoms with Crippen LogP contribution >= 0.6 is 12.4 Å². The van der Waals surface area contributed by atoms with Gasteiger partial charge in [-0.15, -0.1) is 12.4 Å². The molecule has 4 rings (SSSR count). The maximum Gasteiger partial charge on any atom is 0.0237 e. The summed E-state index contributed by atoms with van der Waals surface area (Å²) in [5.74, 6) is 0. The summed E-state index contributed by atoms with van der Waals surface area (Å²) in [4.78, 5) is 2.52. The lowest BCUT2D eigenvalue weighted by molar-refractivity contribution is 0.294. The highest BCUT2D eigenvalue weighted by Crippen LogP contribution is 2.24. The minimum Gasteiger partial charge on any atom is -0.295 e. The predicted octanol–water partition coefficient (Wildman–Crippen LogP) is 6.06. The quantitative estimate of drug-likeness (QED) is 0.545. The van der Waals surface area contributed by atoms with Crippen molar-refractivity contribution < 1.29 is 0 Å². The van der Waals surface area contributed by atoms with Gasteiger partial charge in [-0.1, -0.05) is 84.9 Å². The van der Waals surface area contributed by atoms with Crippen molar-refractivity contribution in [3.05, 3.63) is 102 Å². The van der Waals surface area contributed by atoms with Gasteiger partial charge in [-0.25, -0.2) is 0 Å². The van der Waals surface area contributed by atoms with E-state index in [0.717, 1.165) is 26.1 Å². The molecule has 0 saturated carbocycles. The number of nitrogens with zero attached hydrogens (tertiary/aromatic N) is 1. The summed E-state index contributed by atoms with van der Waals surface area (Å²) in [5, 5.41) is 0. The summed E-state index contributed by atoms with van der Waals surface area (Å²) in [5.41, 5.74) is 6.82. The lowest BCUT2D eigenvalue weighted by Crippen LogP contribution is -2.28. The molecule has 0 spiro atoms. The lowest BCUT2D eigenvalue weighted by atomic mass is 9.99. The highest BCUT2D eigenvalue weighted by molar-refractivity contribution is 5.85. The second-order valence-corrected chi connectivity index (χ2v) is 6.65. The van der Waals surface area contributed by atoms with Crippen LogP contribution < -0.4 is 0 Å². The minimum absolute atomic E-state index is 0. The van der Waals surface area contributed by atoms with Crippen LogP contribution in [0.2, 0.25) is 0 Å². The zero-order chi connectivity index (χ0) is 16.9. The van der Waals surface area contributed by atoms with Gasteiger partial charge in [-0.3, -0.25) is 4.90 Å². The molecule has 0 saturated heterocycles. The fraction of sp³-hybridized carbons (Fsp3) is 0.167. The molecule has 3 aromatic carbocycles. The predicted molar refractivity (Wildman–Crippen MR) is 113 cm³/mol. The molecule has 0 atom stereocenters. The molecule has 0 aromatic heterocycles. The Bertz CT molecular complexity index is 856. The van der Waals surface area contributed by atoms with E-state index >= 15 is 0 Å². The Hall–Kier alpha value is -2.35. The first-order valence-corrected chi connectivity index (χ1v) is 9.00. The smallest absolute Gasteiger partial charge is 0.0237 e. The normalized spacial score (nSPS) is 14.4. The average Bonchev–Trinajstić information content (AvgIpc) is 2.70. The van der Waals surface area contributed by atoms with Crippen molar-refractivity contribution in [1.29, 1.82) is 0 Å². The van der Waals surface area contributed by atoms with Crippen LogP contribution in [0.3, 0.4) is 0 Å². The molecule has 132 valence electrons. The molecule has 3 aromatic rings. The van der Waals surface area contributed by atoms with E-state index < -0.39 is 0 Å². The van der Waals surface area contributed by atoms with Crippen LogP contribution in [0.4, 0.5) is 0 Å². The highest BCUT2D eigenvalue weighted by atomic mass is 35.5. The van der Waals surface area contributed by atoms with Gasteiger partial charge < -0.3 is 0 Å². The van der Waals surface area contributed by atoms with Gasteiger partial charge in [0.1, 0.15) is 0 Å². The molecule has 26 heavy (non-hydrogen) atoms. The molecule has 0 unspecified atom stereocenters. The van der Waals surface area contributed by atoms with Crippen molar-refractivity contribution in [1.82, 2.24) is 4.90 Å². The molecule has 0 bridgehead atoms. The molecule has 0 fully saturated rings. The van der Waals surface area contributed by atoms with E-state index in [1.54, 1.807) is 0 Å². The Morgan fingerprint density at radius 2 is 1.35 bits per heavy atom. The number of halogens is 1. The zero-order valence-corrected chi connectivity index (χ0v) is 15.7. The van der Waals surface area contributed by atoms with E-state index in [-0.39, 0.29) is 12.4 Å². The fourth-order valence-corrected chi connectivity index (χ4v) is 3.51. The average molecular weight is 362 g/mol. The first-order valence-electron chi connectivity index (χ1n) is 9.00. The summed E-state index contributed by atoms with van der Waals surface area (Å²) in [7, 11) is 0. The van der Waals surface area contributed by atoms with Crippen molar-refractivity contribution >= 4 is 18.0 Å². The van der Waals surface area contributed by atoms with Crippen LogP contribution in [0.5, 0.6) is 0 Å². The molecular formula is C24H24ClN. The van der Waals surface area contributed by atoms with E-state index in [1.807, 2.05) is 0 Å². The van der Waals surface area contributed by atoms with Crippen LogP contribution in [0.25, 0.3) is 16.7 Å². The number of hydrogen-bond donors (Lipinski definition) is 0. The van der Waals surface area contributed by atoms with E-state index in [9.17, 15) is 0 Å². The molecule has 2 heteroatoms. The molecule has 1 aliphatic heterocycles. The summed E-state index contributed by atoms with van der Waals surface area (Å²) in [6.07, 6.45) is 3.52. The van der Waals surface area contributed by atoms with Crippen molar-refractivity contribution in [3.8, 4) is 11.1 Å². The molecule has 0 amide bonds.